The van der Waals surface area contributed by atoms with Crippen molar-refractivity contribution in [1.29, 1.82) is 0 Å². The van der Waals surface area contributed by atoms with Crippen LogP contribution >= 0.6 is 0 Å². The van der Waals surface area contributed by atoms with E-state index in [1.807, 2.05) is 60.7 Å². The molecule has 0 radical (unpaired) electrons. The highest BCUT2D eigenvalue weighted by Crippen LogP contribution is 2.10. The van der Waals surface area contributed by atoms with Crippen LogP contribution in [0, 0.1) is 0 Å². The van der Waals surface area contributed by atoms with Crippen LogP contribution < -0.4 is 21.3 Å². The number of hydrogen-bond donors (Lipinski definition) is 7. The van der Waals surface area contributed by atoms with E-state index >= 15 is 0 Å². The van der Waals surface area contributed by atoms with Crippen LogP contribution in [0.15, 0.2) is 60.7 Å². The molecule has 2 aromatic rings. The van der Waals surface area contributed by atoms with E-state index in [1.54, 1.807) is 0 Å². The maximum Gasteiger partial charge on any atom is 0.407 e. The summed E-state index contributed by atoms with van der Waals surface area (Å²) >= 11 is 0. The Bertz CT molecular complexity index is 1840. The predicted molar refractivity (Wildman–Crippen MR) is 256 cm³/mol. The Kier molecular flexibility index (Phi) is 32.3. The molecule has 0 unspecified atom stereocenters. The lowest BCUT2D eigenvalue weighted by atomic mass is 10.2. The van der Waals surface area contributed by atoms with Crippen LogP contribution in [0.3, 0.4) is 0 Å². The lowest BCUT2D eigenvalue weighted by Crippen LogP contribution is -2.34. The van der Waals surface area contributed by atoms with E-state index in [0.29, 0.717) is 119 Å². The summed E-state index contributed by atoms with van der Waals surface area (Å²) in [5.74, 6) is -2.88. The average Bonchev–Trinajstić information content (AvgIpc) is 3.36. The second-order valence-corrected chi connectivity index (χ2v) is 16.7. The maximum atomic E-state index is 13.1. The van der Waals surface area contributed by atoms with Gasteiger partial charge in [0.25, 0.3) is 0 Å². The van der Waals surface area contributed by atoms with Crippen molar-refractivity contribution >= 4 is 47.4 Å². The molecular formula is C49H76N8O13. The minimum absolute atomic E-state index is 0.0251. The van der Waals surface area contributed by atoms with Gasteiger partial charge in [0, 0.05) is 97.8 Å². The van der Waals surface area contributed by atoms with Crippen molar-refractivity contribution in [2.24, 2.45) is 0 Å². The first-order valence-electron chi connectivity index (χ1n) is 24.4. The standard InChI is InChI=1S/C49H76N8O13/c1-40(58)54(66)34-16-4-12-30-50-43(59)24-27-46(62)55(67)35-17-5-13-31-51-44(60)25-28-47(63)56(68)36-18-6-14-32-52-45(61)26-29-48(64)57(70-39-42-22-10-3-11-23-42)37-19-7-15-33-53-49(65)69-38-41-20-8-2-9-21-41/h2-3,8-11,20-23,66-68H,4-7,12-19,24-39H2,1H3,(H,50,59)(H,51,60)(H,52,61)(H,53,65). The monoisotopic (exact) mass is 985 g/mol. The molecular weight excluding hydrogens is 909 g/mol. The summed E-state index contributed by atoms with van der Waals surface area (Å²) < 4.78 is 5.23. The van der Waals surface area contributed by atoms with Gasteiger partial charge in [0.1, 0.15) is 13.2 Å². The Hall–Kier alpha value is -6.16. The SMILES string of the molecule is CC(=O)N(O)CCCCCNC(=O)CCC(=O)N(O)CCCCCNC(=O)CCC(=O)N(O)CCCCCNC(=O)CCC(=O)N(CCCCCNC(=O)OCc1ccccc1)OCc1ccccc1. The lowest BCUT2D eigenvalue weighted by Gasteiger charge is -2.22. The van der Waals surface area contributed by atoms with Gasteiger partial charge < -0.3 is 26.0 Å². The number of hydrogen-bond acceptors (Lipinski definition) is 13. The van der Waals surface area contributed by atoms with E-state index in [9.17, 15) is 54.0 Å². The number of carbonyl (C=O) groups excluding carboxylic acids is 8. The van der Waals surface area contributed by atoms with Crippen molar-refractivity contribution < 1.29 is 63.6 Å². The smallest absolute Gasteiger partial charge is 0.407 e. The number of nitrogens with one attached hydrogen (secondary N) is 4. The topological polar surface area (TPSA) is 277 Å². The first-order valence-corrected chi connectivity index (χ1v) is 24.4. The van der Waals surface area contributed by atoms with Crippen LogP contribution in [-0.4, -0.2) is 136 Å². The van der Waals surface area contributed by atoms with Crippen molar-refractivity contribution in [1.82, 2.24) is 41.5 Å². The molecule has 70 heavy (non-hydrogen) atoms. The first-order chi connectivity index (χ1) is 33.7. The van der Waals surface area contributed by atoms with Crippen molar-refractivity contribution in [3.05, 3.63) is 71.8 Å². The molecule has 0 spiro atoms. The number of rotatable bonds is 38. The van der Waals surface area contributed by atoms with Gasteiger partial charge in [-0.3, -0.25) is 54.0 Å². The average molecular weight is 985 g/mol. The number of ether oxygens (including phenoxy) is 1. The van der Waals surface area contributed by atoms with E-state index in [0.717, 1.165) is 17.5 Å². The molecule has 0 bridgehead atoms. The Morgan fingerprint density at radius 1 is 0.429 bits per heavy atom. The number of amides is 8. The maximum absolute atomic E-state index is 13.1. The zero-order valence-electron chi connectivity index (χ0n) is 40.8. The largest absolute Gasteiger partial charge is 0.445 e. The van der Waals surface area contributed by atoms with Crippen LogP contribution in [-0.2, 0) is 56.3 Å². The molecule has 7 N–H and O–H groups in total. The van der Waals surface area contributed by atoms with Crippen LogP contribution in [0.4, 0.5) is 4.79 Å². The Morgan fingerprint density at radius 3 is 1.23 bits per heavy atom. The fourth-order valence-electron chi connectivity index (χ4n) is 6.60. The van der Waals surface area contributed by atoms with Crippen LogP contribution in [0.25, 0.3) is 0 Å². The molecule has 0 heterocycles. The third-order valence-corrected chi connectivity index (χ3v) is 10.8. The van der Waals surface area contributed by atoms with E-state index in [2.05, 4.69) is 21.3 Å². The molecule has 21 nitrogen and oxygen atoms in total. The van der Waals surface area contributed by atoms with Gasteiger partial charge in [-0.05, 0) is 88.2 Å². The third-order valence-electron chi connectivity index (χ3n) is 10.8. The summed E-state index contributed by atoms with van der Waals surface area (Å²) in [6.07, 6.45) is 6.17. The number of hydroxylamine groups is 8. The minimum Gasteiger partial charge on any atom is -0.445 e. The number of alkyl carbamates (subject to hydrolysis) is 1. The molecule has 0 aliphatic rings. The quantitative estimate of drug-likeness (QED) is 0.0268. The van der Waals surface area contributed by atoms with Gasteiger partial charge in [-0.15, -0.1) is 0 Å². The molecule has 0 saturated carbocycles. The molecule has 21 heteroatoms. The molecule has 0 fully saturated rings. The van der Waals surface area contributed by atoms with Gasteiger partial charge in [0.2, 0.25) is 41.4 Å². The second kappa shape index (κ2) is 37.7. The normalized spacial score (nSPS) is 10.7. The number of benzene rings is 2. The van der Waals surface area contributed by atoms with E-state index in [1.165, 1.54) is 12.0 Å². The Balaban J connectivity index is 1.49. The van der Waals surface area contributed by atoms with E-state index < -0.39 is 23.8 Å². The fraction of sp³-hybridized carbons (Fsp3) is 0.592. The summed E-state index contributed by atoms with van der Waals surface area (Å²) in [6, 6.07) is 18.8. The molecule has 0 aromatic heterocycles. The zero-order valence-corrected chi connectivity index (χ0v) is 40.8. The van der Waals surface area contributed by atoms with Gasteiger partial charge in [-0.25, -0.2) is 25.0 Å². The summed E-state index contributed by atoms with van der Waals surface area (Å²) in [5.41, 5.74) is 1.79. The molecule has 2 aromatic carbocycles. The van der Waals surface area contributed by atoms with Crippen molar-refractivity contribution in [3.63, 3.8) is 0 Å². The van der Waals surface area contributed by atoms with Gasteiger partial charge in [-0.1, -0.05) is 60.7 Å². The summed E-state index contributed by atoms with van der Waals surface area (Å²) in [6.45, 7) is 3.81. The van der Waals surface area contributed by atoms with E-state index in [-0.39, 0.29) is 95.0 Å². The fourth-order valence-corrected chi connectivity index (χ4v) is 6.60. The molecule has 2 rings (SSSR count). The van der Waals surface area contributed by atoms with Crippen molar-refractivity contribution in [3.8, 4) is 0 Å². The zero-order chi connectivity index (χ0) is 51.2. The Labute approximate surface area is 411 Å². The van der Waals surface area contributed by atoms with Crippen molar-refractivity contribution in [2.45, 2.75) is 136 Å². The highest BCUT2D eigenvalue weighted by Gasteiger charge is 2.18. The van der Waals surface area contributed by atoms with Crippen molar-refractivity contribution in [2.75, 3.05) is 52.4 Å². The Morgan fingerprint density at radius 2 is 0.800 bits per heavy atom. The first kappa shape index (κ1) is 60.0. The summed E-state index contributed by atoms with van der Waals surface area (Å²) in [5, 5.41) is 43.5. The number of carbonyl (C=O) groups is 8. The third kappa shape index (κ3) is 30.4. The van der Waals surface area contributed by atoms with E-state index in [4.69, 9.17) is 9.57 Å². The summed E-state index contributed by atoms with van der Waals surface area (Å²) in [7, 11) is 0. The van der Waals surface area contributed by atoms with Gasteiger partial charge >= 0.3 is 6.09 Å². The molecule has 390 valence electrons. The number of unbranched alkanes of at least 4 members (excludes halogenated alkanes) is 8. The lowest BCUT2D eigenvalue weighted by molar-refractivity contribution is -0.192. The highest BCUT2D eigenvalue weighted by molar-refractivity contribution is 5.84. The highest BCUT2D eigenvalue weighted by atomic mass is 16.7. The predicted octanol–water partition coefficient (Wildman–Crippen LogP) is 4.92. The van der Waals surface area contributed by atoms with Crippen LogP contribution in [0.2, 0.25) is 0 Å². The molecule has 0 saturated heterocycles. The minimum atomic E-state index is -0.591. The van der Waals surface area contributed by atoms with Crippen LogP contribution in [0.1, 0.15) is 134 Å². The second-order valence-electron chi connectivity index (χ2n) is 16.7. The summed E-state index contributed by atoms with van der Waals surface area (Å²) in [4.78, 5) is 103. The molecule has 0 aliphatic heterocycles. The molecule has 0 atom stereocenters. The van der Waals surface area contributed by atoms with Gasteiger partial charge in [0.05, 0.1) is 0 Å². The van der Waals surface area contributed by atoms with Crippen LogP contribution in [0.5, 0.6) is 0 Å². The molecule has 8 amide bonds. The van der Waals surface area contributed by atoms with Gasteiger partial charge in [-0.2, -0.15) is 0 Å². The van der Waals surface area contributed by atoms with Gasteiger partial charge in [0.15, 0.2) is 0 Å². The number of nitrogens with zero attached hydrogens (tertiary/aromatic N) is 4. The molecule has 0 aliphatic carbocycles.